The second kappa shape index (κ2) is 9.34. The lowest BCUT2D eigenvalue weighted by Crippen LogP contribution is -3.11. The fourth-order valence-corrected chi connectivity index (χ4v) is 3.36. The Bertz CT molecular complexity index is 1000. The number of hydrogen-bond donors (Lipinski definition) is 2. The van der Waals surface area contributed by atoms with Gasteiger partial charge in [0.25, 0.3) is 5.91 Å². The highest BCUT2D eigenvalue weighted by atomic mass is 16.5. The first-order valence-corrected chi connectivity index (χ1v) is 9.82. The number of rotatable bonds is 8. The topological polar surface area (TPSA) is 80.6 Å². The van der Waals surface area contributed by atoms with Crippen molar-refractivity contribution >= 4 is 22.5 Å². The number of aromatic hydroxyl groups is 1. The average molecular weight is 395 g/mol. The van der Waals surface area contributed by atoms with E-state index in [1.807, 2.05) is 28.8 Å². The molecule has 0 aliphatic heterocycles. The second-order valence-corrected chi connectivity index (χ2v) is 6.78. The Morgan fingerprint density at radius 3 is 2.45 bits per heavy atom. The summed E-state index contributed by atoms with van der Waals surface area (Å²) >= 11 is 0. The van der Waals surface area contributed by atoms with Gasteiger partial charge in [-0.15, -0.1) is 10.2 Å². The van der Waals surface area contributed by atoms with Gasteiger partial charge in [0, 0.05) is 10.9 Å². The van der Waals surface area contributed by atoms with E-state index in [0.29, 0.717) is 23.5 Å². The lowest BCUT2D eigenvalue weighted by Gasteiger charge is -2.16. The minimum atomic E-state index is -0.475. The molecule has 152 valence electrons. The summed E-state index contributed by atoms with van der Waals surface area (Å²) in [5.74, 6) is 0.218. The van der Waals surface area contributed by atoms with Crippen LogP contribution in [0, 0.1) is 0 Å². The van der Waals surface area contributed by atoms with Gasteiger partial charge in [-0.05, 0) is 44.2 Å². The number of nitrogens with zero attached hydrogens (tertiary/aromatic N) is 3. The van der Waals surface area contributed by atoms with Gasteiger partial charge in [0.1, 0.15) is 5.75 Å². The lowest BCUT2D eigenvalue weighted by atomic mass is 10.2. The number of nitrogens with one attached hydrogen (secondary N) is 1. The first-order valence-electron chi connectivity index (χ1n) is 9.82. The van der Waals surface area contributed by atoms with Crippen molar-refractivity contribution in [3.8, 4) is 11.6 Å². The van der Waals surface area contributed by atoms with Gasteiger partial charge in [-0.2, -0.15) is 0 Å². The Balaban J connectivity index is 1.89. The fraction of sp³-hybridized carbons (Fsp3) is 0.318. The van der Waals surface area contributed by atoms with E-state index in [9.17, 15) is 9.90 Å². The zero-order valence-corrected chi connectivity index (χ0v) is 17.1. The summed E-state index contributed by atoms with van der Waals surface area (Å²) in [6.45, 7) is 7.90. The van der Waals surface area contributed by atoms with Crippen molar-refractivity contribution in [2.45, 2.75) is 20.4 Å². The van der Waals surface area contributed by atoms with Crippen molar-refractivity contribution in [3.63, 3.8) is 0 Å². The normalized spacial score (nSPS) is 11.6. The SMILES string of the molecule is CC[NH+](CC)CCn1c(O)c(N=NC(=O)c2ccc(OC)cc2)c2ccccc21. The van der Waals surface area contributed by atoms with Crippen molar-refractivity contribution in [1.29, 1.82) is 0 Å². The number of likely N-dealkylation sites (N-methyl/N-ethyl adjacent to an activating group) is 1. The number of fused-ring (bicyclic) bond motifs is 1. The summed E-state index contributed by atoms with van der Waals surface area (Å²) in [7, 11) is 1.57. The molecule has 7 nitrogen and oxygen atoms in total. The number of amides is 1. The molecule has 0 saturated carbocycles. The predicted molar refractivity (Wildman–Crippen MR) is 112 cm³/mol. The van der Waals surface area contributed by atoms with E-state index >= 15 is 0 Å². The number of ether oxygens (including phenoxy) is 1. The Labute approximate surface area is 170 Å². The van der Waals surface area contributed by atoms with Crippen molar-refractivity contribution in [2.75, 3.05) is 26.7 Å². The molecule has 1 amide bonds. The highest BCUT2D eigenvalue weighted by molar-refractivity contribution is 5.97. The molecular weight excluding hydrogens is 368 g/mol. The smallest absolute Gasteiger partial charge is 0.295 e. The molecular formula is C22H27N4O3+. The summed E-state index contributed by atoms with van der Waals surface area (Å²) in [6, 6.07) is 14.3. The summed E-state index contributed by atoms with van der Waals surface area (Å²) < 4.78 is 6.94. The number of aromatic nitrogens is 1. The number of para-hydroxylation sites is 1. The number of azo groups is 1. The molecule has 2 N–H and O–H groups in total. The Morgan fingerprint density at radius 2 is 1.79 bits per heavy atom. The minimum absolute atomic E-state index is 0.0315. The van der Waals surface area contributed by atoms with E-state index in [0.717, 1.165) is 30.5 Å². The molecule has 0 aliphatic rings. The number of carbonyl (C=O) groups is 1. The van der Waals surface area contributed by atoms with Crippen molar-refractivity contribution < 1.29 is 19.5 Å². The van der Waals surface area contributed by atoms with E-state index in [2.05, 4.69) is 24.1 Å². The standard InChI is InChI=1S/C22H26N4O3/c1-4-25(5-2)14-15-26-19-9-7-6-8-18(19)20(22(26)28)23-24-21(27)16-10-12-17(29-3)13-11-16/h6-13,28H,4-5,14-15H2,1-3H3/p+1. The number of quaternary nitrogens is 1. The summed E-state index contributed by atoms with van der Waals surface area (Å²) in [5, 5.41) is 19.5. The molecule has 3 rings (SSSR count). The van der Waals surface area contributed by atoms with Crippen LogP contribution >= 0.6 is 0 Å². The van der Waals surface area contributed by atoms with Gasteiger partial charge in [0.05, 0.1) is 38.8 Å². The molecule has 0 spiro atoms. The molecule has 3 aromatic rings. The zero-order chi connectivity index (χ0) is 20.8. The van der Waals surface area contributed by atoms with Crippen molar-refractivity contribution in [3.05, 3.63) is 54.1 Å². The maximum absolute atomic E-state index is 12.4. The van der Waals surface area contributed by atoms with Gasteiger partial charge in [-0.25, -0.2) is 0 Å². The zero-order valence-electron chi connectivity index (χ0n) is 17.1. The number of carbonyl (C=O) groups excluding carboxylic acids is 1. The summed E-state index contributed by atoms with van der Waals surface area (Å²) in [4.78, 5) is 13.8. The molecule has 0 fully saturated rings. The molecule has 1 heterocycles. The van der Waals surface area contributed by atoms with Crippen LogP contribution in [0.15, 0.2) is 58.8 Å². The molecule has 1 aromatic heterocycles. The number of benzene rings is 2. The third-order valence-corrected chi connectivity index (χ3v) is 5.18. The highest BCUT2D eigenvalue weighted by Crippen LogP contribution is 2.38. The van der Waals surface area contributed by atoms with Crippen LogP contribution in [0.25, 0.3) is 10.9 Å². The van der Waals surface area contributed by atoms with Crippen molar-refractivity contribution in [2.24, 2.45) is 10.2 Å². The van der Waals surface area contributed by atoms with Crippen LogP contribution in [-0.4, -0.2) is 42.3 Å². The van der Waals surface area contributed by atoms with E-state index in [1.54, 1.807) is 31.4 Å². The molecule has 0 radical (unpaired) electrons. The van der Waals surface area contributed by atoms with Crippen LogP contribution in [0.4, 0.5) is 5.69 Å². The van der Waals surface area contributed by atoms with Crippen LogP contribution in [0.2, 0.25) is 0 Å². The third-order valence-electron chi connectivity index (χ3n) is 5.18. The second-order valence-electron chi connectivity index (χ2n) is 6.78. The van der Waals surface area contributed by atoms with Gasteiger partial charge in [0.15, 0.2) is 5.69 Å². The number of hydrogen-bond acceptors (Lipinski definition) is 4. The van der Waals surface area contributed by atoms with Gasteiger partial charge >= 0.3 is 0 Å². The van der Waals surface area contributed by atoms with Crippen LogP contribution in [-0.2, 0) is 6.54 Å². The van der Waals surface area contributed by atoms with Crippen LogP contribution in [0.5, 0.6) is 11.6 Å². The van der Waals surface area contributed by atoms with Crippen molar-refractivity contribution in [1.82, 2.24) is 4.57 Å². The Kier molecular flexibility index (Phi) is 6.61. The monoisotopic (exact) mass is 395 g/mol. The van der Waals surface area contributed by atoms with Gasteiger partial charge in [-0.3, -0.25) is 4.79 Å². The third kappa shape index (κ3) is 4.46. The minimum Gasteiger partial charge on any atom is -0.497 e. The first-order chi connectivity index (χ1) is 14.1. The van der Waals surface area contributed by atoms with E-state index in [-0.39, 0.29) is 5.88 Å². The predicted octanol–water partition coefficient (Wildman–Crippen LogP) is 3.20. The van der Waals surface area contributed by atoms with E-state index < -0.39 is 5.91 Å². The van der Waals surface area contributed by atoms with Crippen LogP contribution in [0.3, 0.4) is 0 Å². The van der Waals surface area contributed by atoms with Gasteiger partial charge < -0.3 is 19.3 Å². The summed E-state index contributed by atoms with van der Waals surface area (Å²) in [5.41, 5.74) is 1.60. The summed E-state index contributed by atoms with van der Waals surface area (Å²) in [6.07, 6.45) is 0. The maximum atomic E-state index is 12.4. The Hall–Kier alpha value is -3.19. The highest BCUT2D eigenvalue weighted by Gasteiger charge is 2.18. The molecule has 0 atom stereocenters. The first kappa shape index (κ1) is 20.5. The largest absolute Gasteiger partial charge is 0.497 e. The maximum Gasteiger partial charge on any atom is 0.295 e. The van der Waals surface area contributed by atoms with Crippen LogP contribution < -0.4 is 9.64 Å². The number of methoxy groups -OCH3 is 1. The van der Waals surface area contributed by atoms with Gasteiger partial charge in [0.2, 0.25) is 5.88 Å². The molecule has 0 saturated heterocycles. The quantitative estimate of drug-likeness (QED) is 0.575. The molecule has 0 aliphatic carbocycles. The molecule has 0 unspecified atom stereocenters. The fourth-order valence-electron chi connectivity index (χ4n) is 3.36. The molecule has 0 bridgehead atoms. The van der Waals surface area contributed by atoms with E-state index in [1.165, 1.54) is 4.90 Å². The molecule has 7 heteroatoms. The Morgan fingerprint density at radius 1 is 1.10 bits per heavy atom. The molecule has 2 aromatic carbocycles. The van der Waals surface area contributed by atoms with Gasteiger partial charge in [-0.1, -0.05) is 18.2 Å². The molecule has 29 heavy (non-hydrogen) atoms. The van der Waals surface area contributed by atoms with Crippen LogP contribution in [0.1, 0.15) is 24.2 Å². The average Bonchev–Trinajstić information content (AvgIpc) is 3.03. The van der Waals surface area contributed by atoms with E-state index in [4.69, 9.17) is 4.74 Å². The lowest BCUT2D eigenvalue weighted by molar-refractivity contribution is -0.897.